The summed E-state index contributed by atoms with van der Waals surface area (Å²) in [5.74, 6) is 0.595. The lowest BCUT2D eigenvalue weighted by Crippen LogP contribution is -2.38. The lowest BCUT2D eigenvalue weighted by atomic mass is 9.98. The van der Waals surface area contributed by atoms with Crippen LogP contribution < -0.4 is 4.74 Å². The number of phenols is 2. The molecule has 0 radical (unpaired) electrons. The molecule has 8 heteroatoms. The van der Waals surface area contributed by atoms with Crippen LogP contribution in [0.2, 0.25) is 0 Å². The molecule has 8 nitrogen and oxygen atoms in total. The van der Waals surface area contributed by atoms with Crippen LogP contribution >= 0.6 is 0 Å². The molecule has 1 aliphatic heterocycles. The quantitative estimate of drug-likeness (QED) is 0.551. The summed E-state index contributed by atoms with van der Waals surface area (Å²) < 4.78 is 13.4. The standard InChI is InChI=1S/C26H32N4O4/c1-17(2)21-15-22(24(32)16-23(21)31)25-27-28-26(34-13-10-29-8-11-33-12-9-29)30(25)20-7-6-18-4-3-5-19(18)14-20/h6-7,14-17,31-32H,3-5,8-13H2,1-2H3. The van der Waals surface area contributed by atoms with Crippen molar-refractivity contribution in [2.24, 2.45) is 0 Å². The summed E-state index contributed by atoms with van der Waals surface area (Å²) in [6.07, 6.45) is 3.31. The molecule has 0 spiro atoms. The largest absolute Gasteiger partial charge is 0.508 e. The van der Waals surface area contributed by atoms with Gasteiger partial charge in [0.05, 0.1) is 24.5 Å². The molecule has 0 unspecified atom stereocenters. The number of benzene rings is 2. The number of rotatable bonds is 7. The highest BCUT2D eigenvalue weighted by molar-refractivity contribution is 5.70. The zero-order chi connectivity index (χ0) is 23.7. The third kappa shape index (κ3) is 4.48. The van der Waals surface area contributed by atoms with Gasteiger partial charge in [-0.2, -0.15) is 0 Å². The number of nitrogens with zero attached hydrogens (tertiary/aromatic N) is 4. The molecule has 0 atom stereocenters. The Morgan fingerprint density at radius 2 is 1.79 bits per heavy atom. The Labute approximate surface area is 199 Å². The van der Waals surface area contributed by atoms with E-state index in [-0.39, 0.29) is 17.4 Å². The molecule has 0 bridgehead atoms. The third-order valence-electron chi connectivity index (χ3n) is 6.72. The van der Waals surface area contributed by atoms with Gasteiger partial charge < -0.3 is 19.7 Å². The van der Waals surface area contributed by atoms with Gasteiger partial charge in [-0.15, -0.1) is 5.10 Å². The lowest BCUT2D eigenvalue weighted by Gasteiger charge is -2.26. The number of ether oxygens (including phenoxy) is 2. The minimum Gasteiger partial charge on any atom is -0.508 e. The minimum absolute atomic E-state index is 0.0448. The van der Waals surface area contributed by atoms with Gasteiger partial charge in [0.1, 0.15) is 18.1 Å². The molecule has 2 aromatic carbocycles. The summed E-state index contributed by atoms with van der Waals surface area (Å²) in [7, 11) is 0. The Hall–Kier alpha value is -3.10. The summed E-state index contributed by atoms with van der Waals surface area (Å²) in [5, 5.41) is 29.8. The van der Waals surface area contributed by atoms with Crippen LogP contribution in [0.3, 0.4) is 0 Å². The predicted octanol–water partition coefficient (Wildman–Crippen LogP) is 3.67. The molecule has 1 saturated heterocycles. The third-order valence-corrected chi connectivity index (χ3v) is 6.72. The zero-order valence-electron chi connectivity index (χ0n) is 19.8. The number of fused-ring (bicyclic) bond motifs is 1. The lowest BCUT2D eigenvalue weighted by molar-refractivity contribution is 0.0316. The smallest absolute Gasteiger partial charge is 0.322 e. The van der Waals surface area contributed by atoms with Crippen LogP contribution in [0.15, 0.2) is 30.3 Å². The van der Waals surface area contributed by atoms with Crippen molar-refractivity contribution in [2.45, 2.75) is 39.0 Å². The molecule has 2 heterocycles. The molecule has 0 saturated carbocycles. The fourth-order valence-corrected chi connectivity index (χ4v) is 4.79. The van der Waals surface area contributed by atoms with Gasteiger partial charge in [-0.05, 0) is 60.1 Å². The van der Waals surface area contributed by atoms with E-state index >= 15 is 0 Å². The van der Waals surface area contributed by atoms with Crippen LogP contribution in [0.1, 0.15) is 42.9 Å². The average Bonchev–Trinajstić information content (AvgIpc) is 3.46. The Bertz CT molecular complexity index is 1170. The van der Waals surface area contributed by atoms with E-state index in [0.717, 1.165) is 63.4 Å². The number of aromatic hydroxyl groups is 2. The van der Waals surface area contributed by atoms with Crippen molar-refractivity contribution in [3.63, 3.8) is 0 Å². The summed E-state index contributed by atoms with van der Waals surface area (Å²) >= 11 is 0. The van der Waals surface area contributed by atoms with E-state index in [1.807, 2.05) is 18.4 Å². The summed E-state index contributed by atoms with van der Waals surface area (Å²) in [4.78, 5) is 2.31. The van der Waals surface area contributed by atoms with Crippen molar-refractivity contribution in [3.8, 4) is 34.6 Å². The van der Waals surface area contributed by atoms with Crippen LogP contribution in [0.4, 0.5) is 0 Å². The first-order valence-electron chi connectivity index (χ1n) is 12.1. The Kier molecular flexibility index (Phi) is 6.43. The van der Waals surface area contributed by atoms with E-state index in [1.54, 1.807) is 6.07 Å². The van der Waals surface area contributed by atoms with Crippen LogP contribution in [0.5, 0.6) is 17.5 Å². The highest BCUT2D eigenvalue weighted by Crippen LogP contribution is 2.39. The van der Waals surface area contributed by atoms with Crippen LogP contribution in [-0.2, 0) is 17.6 Å². The topological polar surface area (TPSA) is 92.9 Å². The maximum absolute atomic E-state index is 10.7. The maximum Gasteiger partial charge on any atom is 0.322 e. The van der Waals surface area contributed by atoms with E-state index in [9.17, 15) is 10.2 Å². The monoisotopic (exact) mass is 464 g/mol. The average molecular weight is 465 g/mol. The molecule has 3 aromatic rings. The molecule has 2 aliphatic rings. The van der Waals surface area contributed by atoms with Crippen LogP contribution in [-0.4, -0.2) is 69.3 Å². The van der Waals surface area contributed by atoms with Crippen LogP contribution in [0, 0.1) is 0 Å². The Balaban J connectivity index is 1.52. The molecule has 1 aliphatic carbocycles. The predicted molar refractivity (Wildman–Crippen MR) is 129 cm³/mol. The van der Waals surface area contributed by atoms with Gasteiger partial charge in [0.15, 0.2) is 5.82 Å². The number of hydrogen-bond donors (Lipinski definition) is 2. The molecule has 0 amide bonds. The molecule has 5 rings (SSSR count). The Morgan fingerprint density at radius 1 is 1.00 bits per heavy atom. The van der Waals surface area contributed by atoms with Gasteiger partial charge in [-0.3, -0.25) is 4.90 Å². The van der Waals surface area contributed by atoms with Gasteiger partial charge in [0.2, 0.25) is 0 Å². The van der Waals surface area contributed by atoms with Gasteiger partial charge >= 0.3 is 6.01 Å². The van der Waals surface area contributed by atoms with E-state index in [1.165, 1.54) is 17.2 Å². The molecular formula is C26H32N4O4. The second kappa shape index (κ2) is 9.64. The number of aromatic nitrogens is 3. The van der Waals surface area contributed by atoms with Gasteiger partial charge in [-0.1, -0.05) is 25.0 Å². The molecule has 34 heavy (non-hydrogen) atoms. The highest BCUT2D eigenvalue weighted by Gasteiger charge is 2.23. The second-order valence-corrected chi connectivity index (χ2v) is 9.33. The first-order valence-corrected chi connectivity index (χ1v) is 12.1. The number of morpholine rings is 1. The highest BCUT2D eigenvalue weighted by atomic mass is 16.5. The van der Waals surface area contributed by atoms with Gasteiger partial charge in [0, 0.05) is 25.7 Å². The van der Waals surface area contributed by atoms with E-state index in [2.05, 4.69) is 33.3 Å². The number of phenolic OH excluding ortho intramolecular Hbond substituents is 2. The van der Waals surface area contributed by atoms with Crippen LogP contribution in [0.25, 0.3) is 17.1 Å². The molecular weight excluding hydrogens is 432 g/mol. The fourth-order valence-electron chi connectivity index (χ4n) is 4.79. The minimum atomic E-state index is -0.0448. The van der Waals surface area contributed by atoms with Gasteiger partial charge in [-0.25, -0.2) is 4.57 Å². The fraction of sp³-hybridized carbons (Fsp3) is 0.462. The Morgan fingerprint density at radius 3 is 2.59 bits per heavy atom. The van der Waals surface area contributed by atoms with Crippen molar-refractivity contribution >= 4 is 0 Å². The summed E-state index contributed by atoms with van der Waals surface area (Å²) in [6, 6.07) is 9.96. The molecule has 1 aromatic heterocycles. The van der Waals surface area contributed by atoms with Crippen molar-refractivity contribution in [1.82, 2.24) is 19.7 Å². The molecule has 180 valence electrons. The van der Waals surface area contributed by atoms with E-state index in [4.69, 9.17) is 9.47 Å². The van der Waals surface area contributed by atoms with Crippen molar-refractivity contribution in [3.05, 3.63) is 47.0 Å². The van der Waals surface area contributed by atoms with Crippen molar-refractivity contribution in [1.29, 1.82) is 0 Å². The maximum atomic E-state index is 10.7. The number of hydrogen-bond acceptors (Lipinski definition) is 7. The van der Waals surface area contributed by atoms with Crippen molar-refractivity contribution in [2.75, 3.05) is 39.5 Å². The van der Waals surface area contributed by atoms with E-state index < -0.39 is 0 Å². The normalized spacial score (nSPS) is 16.2. The first kappa shape index (κ1) is 22.7. The second-order valence-electron chi connectivity index (χ2n) is 9.33. The molecule has 2 N–H and O–H groups in total. The van der Waals surface area contributed by atoms with Crippen molar-refractivity contribution < 1.29 is 19.7 Å². The summed E-state index contributed by atoms with van der Waals surface area (Å²) in [6.45, 7) is 8.53. The van der Waals surface area contributed by atoms with E-state index in [0.29, 0.717) is 24.0 Å². The SMILES string of the molecule is CC(C)c1cc(-c2nnc(OCCN3CCOCC3)n2-c2ccc3c(c2)CCC3)c(O)cc1O. The van der Waals surface area contributed by atoms with Gasteiger partial charge in [0.25, 0.3) is 0 Å². The molecule has 1 fully saturated rings. The number of aryl methyl sites for hydroxylation is 2. The zero-order valence-corrected chi connectivity index (χ0v) is 19.8. The first-order chi connectivity index (χ1) is 16.5. The summed E-state index contributed by atoms with van der Waals surface area (Å²) in [5.41, 5.74) is 4.86.